The summed E-state index contributed by atoms with van der Waals surface area (Å²) in [5.74, 6) is 1.10. The smallest absolute Gasteiger partial charge is 0.488 e. The maximum Gasteiger partial charge on any atom is 0.513 e. The van der Waals surface area contributed by atoms with Crippen molar-refractivity contribution in [1.82, 2.24) is 0 Å². The molecular weight excluding hydrogens is 335 g/mol. The summed E-state index contributed by atoms with van der Waals surface area (Å²) in [6.45, 7) is 4.01. The first kappa shape index (κ1) is 18.2. The van der Waals surface area contributed by atoms with Gasteiger partial charge in [0.05, 0.1) is 7.11 Å². The quantitative estimate of drug-likeness (QED) is 0.519. The van der Waals surface area contributed by atoms with Crippen LogP contribution in [0.5, 0.6) is 11.5 Å². The van der Waals surface area contributed by atoms with Crippen molar-refractivity contribution in [2.24, 2.45) is 0 Å². The van der Waals surface area contributed by atoms with Crippen LogP contribution in [0.2, 0.25) is 0 Å². The second-order valence-electron chi connectivity index (χ2n) is 6.51. The maximum atomic E-state index is 14.1. The molecule has 138 valence electrons. The molecule has 1 aliphatic carbocycles. The predicted molar refractivity (Wildman–Crippen MR) is 96.3 cm³/mol. The van der Waals surface area contributed by atoms with Gasteiger partial charge in [-0.05, 0) is 60.9 Å². The van der Waals surface area contributed by atoms with E-state index >= 15 is 0 Å². The fraction of sp³-hybridized carbons (Fsp3) is 0.381. The highest BCUT2D eigenvalue weighted by Crippen LogP contribution is 2.44. The lowest BCUT2D eigenvalue weighted by Crippen LogP contribution is -2.11. The Morgan fingerprint density at radius 2 is 2.00 bits per heavy atom. The molecule has 0 radical (unpaired) electrons. The zero-order valence-electron chi connectivity index (χ0n) is 15.3. The summed E-state index contributed by atoms with van der Waals surface area (Å²) in [5.41, 5.74) is 3.46. The first-order valence-electron chi connectivity index (χ1n) is 8.82. The maximum absolute atomic E-state index is 14.1. The number of carbonyl (C=O) groups excluding carboxylic acids is 1. The van der Waals surface area contributed by atoms with Crippen LogP contribution < -0.4 is 9.47 Å². The second-order valence-corrected chi connectivity index (χ2v) is 6.51. The highest BCUT2D eigenvalue weighted by atomic mass is 19.1. The number of ether oxygens (including phenoxy) is 3. The molecule has 1 fully saturated rings. The molecule has 1 saturated carbocycles. The molecule has 0 spiro atoms. The van der Waals surface area contributed by atoms with E-state index < -0.39 is 6.16 Å². The van der Waals surface area contributed by atoms with Gasteiger partial charge in [0.15, 0.2) is 0 Å². The molecule has 0 bridgehead atoms. The summed E-state index contributed by atoms with van der Waals surface area (Å²) in [5, 5.41) is 0. The van der Waals surface area contributed by atoms with E-state index in [-0.39, 0.29) is 12.4 Å². The summed E-state index contributed by atoms with van der Waals surface area (Å²) in [7, 11) is 1.27. The van der Waals surface area contributed by atoms with Crippen molar-refractivity contribution in [3.63, 3.8) is 0 Å². The third-order valence-electron chi connectivity index (χ3n) is 4.64. The van der Waals surface area contributed by atoms with Gasteiger partial charge in [0.25, 0.3) is 0 Å². The molecule has 2 aromatic carbocycles. The Morgan fingerprint density at radius 3 is 2.65 bits per heavy atom. The van der Waals surface area contributed by atoms with Crippen molar-refractivity contribution in [2.75, 3.05) is 7.11 Å². The van der Waals surface area contributed by atoms with Gasteiger partial charge in [0.2, 0.25) is 0 Å². The number of carbonyl (C=O) groups is 1. The van der Waals surface area contributed by atoms with Crippen molar-refractivity contribution in [2.45, 2.75) is 45.6 Å². The summed E-state index contributed by atoms with van der Waals surface area (Å²) in [6, 6.07) is 8.83. The molecule has 0 saturated heterocycles. The van der Waals surface area contributed by atoms with Crippen LogP contribution >= 0.6 is 0 Å². The van der Waals surface area contributed by atoms with Gasteiger partial charge in [0.1, 0.15) is 23.9 Å². The number of rotatable bonds is 6. The highest BCUT2D eigenvalue weighted by Gasteiger charge is 2.28. The third-order valence-corrected chi connectivity index (χ3v) is 4.64. The van der Waals surface area contributed by atoms with Crippen LogP contribution in [-0.2, 0) is 17.8 Å². The Kier molecular flexibility index (Phi) is 5.45. The lowest BCUT2D eigenvalue weighted by atomic mass is 10.0. The topological polar surface area (TPSA) is 44.8 Å². The van der Waals surface area contributed by atoms with Gasteiger partial charge in [-0.3, -0.25) is 0 Å². The zero-order valence-corrected chi connectivity index (χ0v) is 15.3. The van der Waals surface area contributed by atoms with E-state index in [9.17, 15) is 9.18 Å². The van der Waals surface area contributed by atoms with Gasteiger partial charge in [-0.25, -0.2) is 9.18 Å². The first-order chi connectivity index (χ1) is 12.5. The number of halogens is 1. The largest absolute Gasteiger partial charge is 0.513 e. The summed E-state index contributed by atoms with van der Waals surface area (Å²) < 4.78 is 29.9. The Hall–Kier alpha value is -2.56. The fourth-order valence-corrected chi connectivity index (χ4v) is 3.04. The molecule has 0 unspecified atom stereocenters. The van der Waals surface area contributed by atoms with Crippen molar-refractivity contribution in [3.8, 4) is 11.5 Å². The molecule has 1 aliphatic rings. The van der Waals surface area contributed by atoms with E-state index in [4.69, 9.17) is 9.47 Å². The van der Waals surface area contributed by atoms with Gasteiger partial charge >= 0.3 is 6.16 Å². The molecule has 0 aliphatic heterocycles. The SMILES string of the molecule is CCc1cc(C)c(OCc2c(OC(=O)OC)cccc2C2CC2)cc1F. The lowest BCUT2D eigenvalue weighted by Gasteiger charge is -2.16. The van der Waals surface area contributed by atoms with E-state index in [2.05, 4.69) is 4.74 Å². The molecule has 0 atom stereocenters. The Bertz CT molecular complexity index is 812. The summed E-state index contributed by atoms with van der Waals surface area (Å²) >= 11 is 0. The molecule has 4 nitrogen and oxygen atoms in total. The van der Waals surface area contributed by atoms with Crippen molar-refractivity contribution < 1.29 is 23.4 Å². The minimum absolute atomic E-state index is 0.199. The van der Waals surface area contributed by atoms with Gasteiger partial charge in [-0.2, -0.15) is 0 Å². The summed E-state index contributed by atoms with van der Waals surface area (Å²) in [4.78, 5) is 11.5. The third kappa shape index (κ3) is 3.98. The standard InChI is InChI=1S/C21H23FO4/c1-4-14-10-13(2)20(11-18(14)22)25-12-17-16(15-8-9-15)6-5-7-19(17)26-21(23)24-3/h5-7,10-11,15H,4,8-9,12H2,1-3H3. The van der Waals surface area contributed by atoms with E-state index in [1.807, 2.05) is 32.0 Å². The average Bonchev–Trinajstić information content (AvgIpc) is 3.47. The molecule has 0 aromatic heterocycles. The van der Waals surface area contributed by atoms with Crippen LogP contribution in [0.25, 0.3) is 0 Å². The van der Waals surface area contributed by atoms with Crippen molar-refractivity contribution in [3.05, 3.63) is 58.4 Å². The molecule has 2 aromatic rings. The number of hydrogen-bond acceptors (Lipinski definition) is 4. The second kappa shape index (κ2) is 7.77. The van der Waals surface area contributed by atoms with Gasteiger partial charge in [-0.1, -0.05) is 19.1 Å². The Balaban J connectivity index is 1.87. The zero-order chi connectivity index (χ0) is 18.7. The Morgan fingerprint density at radius 1 is 1.23 bits per heavy atom. The number of methoxy groups -OCH3 is 1. The van der Waals surface area contributed by atoms with E-state index in [0.29, 0.717) is 29.4 Å². The van der Waals surface area contributed by atoms with Crippen molar-refractivity contribution >= 4 is 6.16 Å². The van der Waals surface area contributed by atoms with Gasteiger partial charge in [0, 0.05) is 11.6 Å². The minimum atomic E-state index is -0.770. The molecule has 5 heteroatoms. The van der Waals surface area contributed by atoms with Gasteiger partial charge in [-0.15, -0.1) is 0 Å². The van der Waals surface area contributed by atoms with Crippen LogP contribution in [0, 0.1) is 12.7 Å². The highest BCUT2D eigenvalue weighted by molar-refractivity contribution is 5.65. The van der Waals surface area contributed by atoms with Gasteiger partial charge < -0.3 is 14.2 Å². The molecule has 26 heavy (non-hydrogen) atoms. The van der Waals surface area contributed by atoms with Crippen LogP contribution in [-0.4, -0.2) is 13.3 Å². The molecular formula is C21H23FO4. The average molecular weight is 358 g/mol. The predicted octanol–water partition coefficient (Wildman–Crippen LogP) is 5.30. The lowest BCUT2D eigenvalue weighted by molar-refractivity contribution is 0.120. The normalized spacial score (nSPS) is 13.4. The van der Waals surface area contributed by atoms with E-state index in [1.165, 1.54) is 13.2 Å². The van der Waals surface area contributed by atoms with Crippen LogP contribution in [0.1, 0.15) is 47.9 Å². The first-order valence-corrected chi connectivity index (χ1v) is 8.82. The number of aryl methyl sites for hydroxylation is 2. The fourth-order valence-electron chi connectivity index (χ4n) is 3.04. The monoisotopic (exact) mass is 358 g/mol. The van der Waals surface area contributed by atoms with E-state index in [1.54, 1.807) is 6.07 Å². The number of benzene rings is 2. The Labute approximate surface area is 152 Å². The van der Waals surface area contributed by atoms with Crippen molar-refractivity contribution in [1.29, 1.82) is 0 Å². The summed E-state index contributed by atoms with van der Waals surface area (Å²) in [6.07, 6.45) is 2.07. The van der Waals surface area contributed by atoms with E-state index in [0.717, 1.165) is 29.5 Å². The van der Waals surface area contributed by atoms with Crippen LogP contribution in [0.3, 0.4) is 0 Å². The molecule has 0 N–H and O–H groups in total. The van der Waals surface area contributed by atoms with Crippen LogP contribution in [0.4, 0.5) is 9.18 Å². The molecule has 0 amide bonds. The number of hydrogen-bond donors (Lipinski definition) is 0. The minimum Gasteiger partial charge on any atom is -0.488 e. The van der Waals surface area contributed by atoms with Crippen LogP contribution in [0.15, 0.2) is 30.3 Å². The molecule has 3 rings (SSSR count). The molecule has 0 heterocycles.